The first-order chi connectivity index (χ1) is 11.6. The highest BCUT2D eigenvalue weighted by Gasteiger charge is 2.33. The van der Waals surface area contributed by atoms with Crippen molar-refractivity contribution in [3.8, 4) is 0 Å². The molecular formula is C17H18N2O3S2. The summed E-state index contributed by atoms with van der Waals surface area (Å²) in [6.45, 7) is 2.06. The van der Waals surface area contributed by atoms with Gasteiger partial charge in [0.1, 0.15) is 10.9 Å². The van der Waals surface area contributed by atoms with E-state index >= 15 is 0 Å². The molecular weight excluding hydrogens is 344 g/mol. The number of carbonyl (C=O) groups excluding carboxylic acids is 2. The number of thiocarbonyl (C=S) groups is 1. The van der Waals surface area contributed by atoms with Gasteiger partial charge in [-0.1, -0.05) is 36.1 Å². The van der Waals surface area contributed by atoms with Crippen molar-refractivity contribution in [3.05, 3.63) is 34.7 Å². The number of anilines is 1. The molecule has 7 heteroatoms. The number of ether oxygens (including phenoxy) is 1. The molecule has 0 bridgehead atoms. The minimum Gasteiger partial charge on any atom is -0.468 e. The molecule has 2 aliphatic heterocycles. The van der Waals surface area contributed by atoms with Crippen LogP contribution in [0.1, 0.15) is 18.4 Å². The second-order valence-corrected chi connectivity index (χ2v) is 7.31. The number of hydrogen-bond acceptors (Lipinski definition) is 6. The maximum atomic E-state index is 12.4. The summed E-state index contributed by atoms with van der Waals surface area (Å²) in [5.74, 6) is -0.735. The van der Waals surface area contributed by atoms with Crippen molar-refractivity contribution >= 4 is 51.9 Å². The van der Waals surface area contributed by atoms with Gasteiger partial charge in [-0.25, -0.2) is 0 Å². The molecule has 0 aliphatic carbocycles. The maximum absolute atomic E-state index is 12.4. The molecule has 2 saturated heterocycles. The molecule has 126 valence electrons. The first-order valence-electron chi connectivity index (χ1n) is 7.75. The van der Waals surface area contributed by atoms with E-state index in [-0.39, 0.29) is 12.5 Å². The first kappa shape index (κ1) is 17.0. The highest BCUT2D eigenvalue weighted by molar-refractivity contribution is 8.26. The average Bonchev–Trinajstić information content (AvgIpc) is 3.20. The number of esters is 1. The second-order valence-electron chi connectivity index (χ2n) is 5.63. The Morgan fingerprint density at radius 1 is 1.29 bits per heavy atom. The Kier molecular flexibility index (Phi) is 5.20. The fourth-order valence-electron chi connectivity index (χ4n) is 2.74. The fraction of sp³-hybridized carbons (Fsp3) is 0.353. The van der Waals surface area contributed by atoms with E-state index in [0.29, 0.717) is 9.23 Å². The normalized spacial score (nSPS) is 19.5. The Hall–Kier alpha value is -1.86. The van der Waals surface area contributed by atoms with Gasteiger partial charge in [-0.15, -0.1) is 0 Å². The number of amides is 1. The Morgan fingerprint density at radius 2 is 1.96 bits per heavy atom. The SMILES string of the molecule is COC(=O)CN1C(=O)/C(=C/c2ccc(N3CCCC3)cc2)SC1=S. The van der Waals surface area contributed by atoms with Crippen LogP contribution in [-0.2, 0) is 14.3 Å². The molecule has 2 fully saturated rings. The van der Waals surface area contributed by atoms with E-state index in [4.69, 9.17) is 12.2 Å². The predicted octanol–water partition coefficient (Wildman–Crippen LogP) is 2.66. The van der Waals surface area contributed by atoms with E-state index in [2.05, 4.69) is 21.8 Å². The summed E-state index contributed by atoms with van der Waals surface area (Å²) in [6, 6.07) is 8.15. The summed E-state index contributed by atoms with van der Waals surface area (Å²) in [6.07, 6.45) is 4.29. The van der Waals surface area contributed by atoms with Gasteiger partial charge in [0, 0.05) is 18.8 Å². The van der Waals surface area contributed by atoms with E-state index in [9.17, 15) is 9.59 Å². The van der Waals surface area contributed by atoms with Crippen molar-refractivity contribution in [1.82, 2.24) is 4.90 Å². The molecule has 2 aliphatic rings. The summed E-state index contributed by atoms with van der Waals surface area (Å²) in [7, 11) is 1.29. The van der Waals surface area contributed by atoms with Crippen LogP contribution < -0.4 is 4.90 Å². The Labute approximate surface area is 150 Å². The number of rotatable bonds is 4. The molecule has 0 radical (unpaired) electrons. The molecule has 0 saturated carbocycles. The summed E-state index contributed by atoms with van der Waals surface area (Å²) in [5, 5.41) is 0. The topological polar surface area (TPSA) is 49.9 Å². The van der Waals surface area contributed by atoms with Gasteiger partial charge in [0.25, 0.3) is 5.91 Å². The van der Waals surface area contributed by atoms with E-state index in [1.807, 2.05) is 18.2 Å². The van der Waals surface area contributed by atoms with Crippen LogP contribution in [-0.4, -0.2) is 47.8 Å². The first-order valence-corrected chi connectivity index (χ1v) is 8.98. The van der Waals surface area contributed by atoms with Gasteiger partial charge in [-0.05, 0) is 36.6 Å². The standard InChI is InChI=1S/C17H18N2O3S2/c1-22-15(20)11-19-16(21)14(24-17(19)23)10-12-4-6-13(7-5-12)18-8-2-3-9-18/h4-7,10H,2-3,8-9,11H2,1H3/b14-10-. The monoisotopic (exact) mass is 362 g/mol. The summed E-state index contributed by atoms with van der Waals surface area (Å²) >= 11 is 6.39. The third-order valence-corrected chi connectivity index (χ3v) is 5.43. The molecule has 3 rings (SSSR count). The van der Waals surface area contributed by atoms with E-state index < -0.39 is 5.97 Å². The third-order valence-electron chi connectivity index (χ3n) is 4.05. The van der Waals surface area contributed by atoms with Crippen LogP contribution in [0.2, 0.25) is 0 Å². The molecule has 1 aromatic carbocycles. The zero-order valence-electron chi connectivity index (χ0n) is 13.4. The van der Waals surface area contributed by atoms with Crippen molar-refractivity contribution in [2.45, 2.75) is 12.8 Å². The minimum atomic E-state index is -0.484. The van der Waals surface area contributed by atoms with Gasteiger partial charge >= 0.3 is 5.97 Å². The predicted molar refractivity (Wildman–Crippen MR) is 99.8 cm³/mol. The molecule has 5 nitrogen and oxygen atoms in total. The second kappa shape index (κ2) is 7.36. The lowest BCUT2D eigenvalue weighted by molar-refractivity contribution is -0.143. The Bertz CT molecular complexity index is 694. The molecule has 0 spiro atoms. The molecule has 2 heterocycles. The van der Waals surface area contributed by atoms with Crippen molar-refractivity contribution in [2.75, 3.05) is 31.6 Å². The van der Waals surface area contributed by atoms with Gasteiger partial charge in [0.15, 0.2) is 0 Å². The van der Waals surface area contributed by atoms with Gasteiger partial charge in [-0.3, -0.25) is 14.5 Å². The highest BCUT2D eigenvalue weighted by Crippen LogP contribution is 2.32. The smallest absolute Gasteiger partial charge is 0.325 e. The summed E-state index contributed by atoms with van der Waals surface area (Å²) in [5.41, 5.74) is 2.15. The van der Waals surface area contributed by atoms with Gasteiger partial charge < -0.3 is 9.64 Å². The van der Waals surface area contributed by atoms with Crippen LogP contribution >= 0.6 is 24.0 Å². The molecule has 24 heavy (non-hydrogen) atoms. The van der Waals surface area contributed by atoms with Crippen molar-refractivity contribution < 1.29 is 14.3 Å². The van der Waals surface area contributed by atoms with Gasteiger partial charge in [0.2, 0.25) is 0 Å². The van der Waals surface area contributed by atoms with Gasteiger partial charge in [0.05, 0.1) is 12.0 Å². The van der Waals surface area contributed by atoms with Crippen LogP contribution in [0.4, 0.5) is 5.69 Å². The molecule has 0 unspecified atom stereocenters. The van der Waals surface area contributed by atoms with Crippen LogP contribution in [0.5, 0.6) is 0 Å². The number of carbonyl (C=O) groups is 2. The number of thioether (sulfide) groups is 1. The van der Waals surface area contributed by atoms with Crippen LogP contribution in [0.25, 0.3) is 6.08 Å². The van der Waals surface area contributed by atoms with Crippen LogP contribution in [0.15, 0.2) is 29.2 Å². The summed E-state index contributed by atoms with van der Waals surface area (Å²) < 4.78 is 4.98. The van der Waals surface area contributed by atoms with Crippen molar-refractivity contribution in [3.63, 3.8) is 0 Å². The molecule has 1 amide bonds. The number of nitrogens with zero attached hydrogens (tertiary/aromatic N) is 2. The Balaban J connectivity index is 1.72. The van der Waals surface area contributed by atoms with Crippen LogP contribution in [0, 0.1) is 0 Å². The number of hydrogen-bond donors (Lipinski definition) is 0. The molecule has 1 aromatic rings. The Morgan fingerprint density at radius 3 is 2.58 bits per heavy atom. The highest BCUT2D eigenvalue weighted by atomic mass is 32.2. The van der Waals surface area contributed by atoms with Gasteiger partial charge in [-0.2, -0.15) is 0 Å². The zero-order valence-corrected chi connectivity index (χ0v) is 15.0. The van der Waals surface area contributed by atoms with Crippen LogP contribution in [0.3, 0.4) is 0 Å². The number of methoxy groups -OCH3 is 1. The van der Waals surface area contributed by atoms with E-state index in [1.54, 1.807) is 0 Å². The van der Waals surface area contributed by atoms with Crippen molar-refractivity contribution in [2.24, 2.45) is 0 Å². The molecule has 0 atom stereocenters. The largest absolute Gasteiger partial charge is 0.468 e. The third kappa shape index (κ3) is 3.62. The maximum Gasteiger partial charge on any atom is 0.325 e. The minimum absolute atomic E-state index is 0.146. The quantitative estimate of drug-likeness (QED) is 0.466. The lowest BCUT2D eigenvalue weighted by atomic mass is 10.2. The van der Waals surface area contributed by atoms with Crippen molar-refractivity contribution in [1.29, 1.82) is 0 Å². The summed E-state index contributed by atoms with van der Waals surface area (Å²) in [4.78, 5) is 27.9. The van der Waals surface area contributed by atoms with E-state index in [0.717, 1.165) is 18.7 Å². The van der Waals surface area contributed by atoms with E-state index in [1.165, 1.54) is 42.3 Å². The lowest BCUT2D eigenvalue weighted by Gasteiger charge is -2.17. The fourth-order valence-corrected chi connectivity index (χ4v) is 3.99. The molecule has 0 aromatic heterocycles. The number of benzene rings is 1. The molecule has 0 N–H and O–H groups in total. The lowest BCUT2D eigenvalue weighted by Crippen LogP contribution is -2.33. The average molecular weight is 362 g/mol. The zero-order chi connectivity index (χ0) is 17.1.